The fourth-order valence-electron chi connectivity index (χ4n) is 1.38. The predicted octanol–water partition coefficient (Wildman–Crippen LogP) is -2.87. The van der Waals surface area contributed by atoms with Gasteiger partial charge in [-0.2, -0.15) is 0 Å². The van der Waals surface area contributed by atoms with Crippen molar-refractivity contribution in [3.8, 4) is 0 Å². The Morgan fingerprint density at radius 2 is 2.27 bits per heavy atom. The lowest BCUT2D eigenvalue weighted by Gasteiger charge is -2.18. The summed E-state index contributed by atoms with van der Waals surface area (Å²) in [6, 6.07) is -1.19. The first-order valence-corrected chi connectivity index (χ1v) is 4.42. The van der Waals surface area contributed by atoms with Crippen molar-refractivity contribution in [1.82, 2.24) is 5.32 Å². The summed E-state index contributed by atoms with van der Waals surface area (Å²) in [7, 11) is 0. The quantitative estimate of drug-likeness (QED) is 0.379. The molecule has 0 aromatic heterocycles. The van der Waals surface area contributed by atoms with Gasteiger partial charge in [0.05, 0.1) is 6.61 Å². The molecule has 0 aromatic rings. The van der Waals surface area contributed by atoms with Gasteiger partial charge in [0, 0.05) is 6.92 Å². The van der Waals surface area contributed by atoms with Crippen LogP contribution in [-0.2, 0) is 14.3 Å². The monoisotopic (exact) mass is 219 g/mol. The van der Waals surface area contributed by atoms with Crippen molar-refractivity contribution in [1.29, 1.82) is 0 Å². The number of esters is 1. The van der Waals surface area contributed by atoms with Gasteiger partial charge in [-0.3, -0.25) is 4.79 Å². The molecule has 1 heterocycles. The second-order valence-electron chi connectivity index (χ2n) is 3.32. The van der Waals surface area contributed by atoms with Crippen LogP contribution < -0.4 is 5.32 Å². The standard InChI is InChI=1S/C8H13NO6/c1-3(11)9-5-6(13)7(4(12)2-10)15-8(5)14/h4-7,10,12-13H,2H2,1H3,(H,9,11)/t4-,5+,6-,7+/m1/s1. The molecule has 0 spiro atoms. The third kappa shape index (κ3) is 2.44. The van der Waals surface area contributed by atoms with E-state index in [0.717, 1.165) is 0 Å². The second kappa shape index (κ2) is 4.56. The van der Waals surface area contributed by atoms with Crippen LogP contribution in [0, 0.1) is 0 Å². The van der Waals surface area contributed by atoms with Crippen LogP contribution in [0.1, 0.15) is 6.92 Å². The number of carbonyl (C=O) groups is 2. The molecule has 1 fully saturated rings. The van der Waals surface area contributed by atoms with Crippen LogP contribution in [0.5, 0.6) is 0 Å². The molecular formula is C8H13NO6. The van der Waals surface area contributed by atoms with Crippen LogP contribution in [0.3, 0.4) is 0 Å². The summed E-state index contributed by atoms with van der Waals surface area (Å²) in [5.74, 6) is -1.31. The maximum Gasteiger partial charge on any atom is 0.331 e. The molecule has 7 heteroatoms. The van der Waals surface area contributed by atoms with Crippen molar-refractivity contribution in [2.75, 3.05) is 6.61 Å². The number of aliphatic hydroxyl groups excluding tert-OH is 3. The highest BCUT2D eigenvalue weighted by atomic mass is 16.6. The molecule has 0 unspecified atom stereocenters. The molecular weight excluding hydrogens is 206 g/mol. The van der Waals surface area contributed by atoms with Gasteiger partial charge in [0.25, 0.3) is 0 Å². The summed E-state index contributed by atoms with van der Waals surface area (Å²) in [6.45, 7) is 0.553. The predicted molar refractivity (Wildman–Crippen MR) is 46.6 cm³/mol. The van der Waals surface area contributed by atoms with Gasteiger partial charge in [0.2, 0.25) is 5.91 Å². The molecule has 1 rings (SSSR count). The summed E-state index contributed by atoms with van der Waals surface area (Å²) in [6.07, 6.45) is -3.93. The molecule has 0 aliphatic carbocycles. The summed E-state index contributed by atoms with van der Waals surface area (Å²) in [5.41, 5.74) is 0. The molecule has 0 radical (unpaired) electrons. The van der Waals surface area contributed by atoms with Crippen molar-refractivity contribution >= 4 is 11.9 Å². The Bertz CT molecular complexity index is 268. The number of ether oxygens (including phenoxy) is 1. The number of aliphatic hydroxyl groups is 3. The zero-order valence-electron chi connectivity index (χ0n) is 8.08. The number of cyclic esters (lactones) is 1. The number of rotatable bonds is 3. The highest BCUT2D eigenvalue weighted by Gasteiger charge is 2.47. The first-order chi connectivity index (χ1) is 6.97. The number of nitrogens with one attached hydrogen (secondary N) is 1. The normalized spacial score (nSPS) is 32.3. The average molecular weight is 219 g/mol. The van der Waals surface area contributed by atoms with Crippen molar-refractivity contribution < 1.29 is 29.6 Å². The van der Waals surface area contributed by atoms with E-state index in [1.807, 2.05) is 0 Å². The third-order valence-corrected chi connectivity index (χ3v) is 2.11. The van der Waals surface area contributed by atoms with E-state index in [-0.39, 0.29) is 0 Å². The Morgan fingerprint density at radius 3 is 2.73 bits per heavy atom. The molecule has 0 bridgehead atoms. The molecule has 1 aliphatic rings. The van der Waals surface area contributed by atoms with E-state index in [1.165, 1.54) is 6.92 Å². The van der Waals surface area contributed by atoms with E-state index in [9.17, 15) is 19.8 Å². The average Bonchev–Trinajstić information content (AvgIpc) is 2.44. The van der Waals surface area contributed by atoms with Crippen molar-refractivity contribution in [3.63, 3.8) is 0 Å². The molecule has 0 saturated carbocycles. The lowest BCUT2D eigenvalue weighted by Crippen LogP contribution is -2.47. The minimum Gasteiger partial charge on any atom is -0.455 e. The minimum absolute atomic E-state index is 0.491. The van der Waals surface area contributed by atoms with Gasteiger partial charge in [-0.05, 0) is 0 Å². The van der Waals surface area contributed by atoms with Crippen LogP contribution in [-0.4, -0.2) is 58.2 Å². The van der Waals surface area contributed by atoms with E-state index >= 15 is 0 Å². The number of amides is 1. The van der Waals surface area contributed by atoms with Crippen LogP contribution in [0.4, 0.5) is 0 Å². The van der Waals surface area contributed by atoms with E-state index in [2.05, 4.69) is 10.1 Å². The highest BCUT2D eigenvalue weighted by molar-refractivity contribution is 5.85. The lowest BCUT2D eigenvalue weighted by molar-refractivity contribution is -0.149. The molecule has 1 aliphatic heterocycles. The van der Waals surface area contributed by atoms with Gasteiger partial charge < -0.3 is 25.4 Å². The Labute approximate surface area is 85.7 Å². The van der Waals surface area contributed by atoms with Crippen molar-refractivity contribution in [2.24, 2.45) is 0 Å². The van der Waals surface area contributed by atoms with E-state index in [0.29, 0.717) is 0 Å². The van der Waals surface area contributed by atoms with Crippen molar-refractivity contribution in [3.05, 3.63) is 0 Å². The molecule has 15 heavy (non-hydrogen) atoms. The molecule has 7 nitrogen and oxygen atoms in total. The number of carbonyl (C=O) groups excluding carboxylic acids is 2. The minimum atomic E-state index is -1.36. The smallest absolute Gasteiger partial charge is 0.331 e. The maximum absolute atomic E-state index is 11.2. The summed E-state index contributed by atoms with van der Waals surface area (Å²) < 4.78 is 4.63. The molecule has 86 valence electrons. The fraction of sp³-hybridized carbons (Fsp3) is 0.750. The third-order valence-electron chi connectivity index (χ3n) is 2.11. The SMILES string of the molecule is CC(=O)N[C@@H]1C(=O)O[C@@H]([C@H](O)CO)[C@@H]1O. The molecule has 4 N–H and O–H groups in total. The molecule has 0 aromatic carbocycles. The molecule has 1 saturated heterocycles. The van der Waals surface area contributed by atoms with Gasteiger partial charge in [-0.1, -0.05) is 0 Å². The first kappa shape index (κ1) is 11.9. The Balaban J connectivity index is 2.69. The second-order valence-corrected chi connectivity index (χ2v) is 3.32. The highest BCUT2D eigenvalue weighted by Crippen LogP contribution is 2.18. The van der Waals surface area contributed by atoms with Gasteiger partial charge in [-0.15, -0.1) is 0 Å². The summed E-state index contributed by atoms with van der Waals surface area (Å²) in [4.78, 5) is 21.9. The zero-order chi connectivity index (χ0) is 11.6. The van der Waals surface area contributed by atoms with Crippen LogP contribution in [0.25, 0.3) is 0 Å². The number of hydrogen-bond acceptors (Lipinski definition) is 6. The molecule has 4 atom stereocenters. The van der Waals surface area contributed by atoms with Crippen LogP contribution in [0.15, 0.2) is 0 Å². The Kier molecular flexibility index (Phi) is 3.61. The van der Waals surface area contributed by atoms with E-state index < -0.39 is 42.8 Å². The summed E-state index contributed by atoms with van der Waals surface area (Å²) in [5, 5.41) is 29.6. The largest absolute Gasteiger partial charge is 0.455 e. The Hall–Kier alpha value is -1.18. The van der Waals surface area contributed by atoms with Gasteiger partial charge >= 0.3 is 5.97 Å². The van der Waals surface area contributed by atoms with Gasteiger partial charge in [-0.25, -0.2) is 4.79 Å². The van der Waals surface area contributed by atoms with Crippen LogP contribution >= 0.6 is 0 Å². The van der Waals surface area contributed by atoms with Gasteiger partial charge in [0.15, 0.2) is 12.1 Å². The molecule has 1 amide bonds. The van der Waals surface area contributed by atoms with Crippen LogP contribution in [0.2, 0.25) is 0 Å². The fourth-order valence-corrected chi connectivity index (χ4v) is 1.38. The zero-order valence-corrected chi connectivity index (χ0v) is 8.08. The maximum atomic E-state index is 11.2. The van der Waals surface area contributed by atoms with E-state index in [1.54, 1.807) is 0 Å². The van der Waals surface area contributed by atoms with E-state index in [4.69, 9.17) is 5.11 Å². The summed E-state index contributed by atoms with van der Waals surface area (Å²) >= 11 is 0. The first-order valence-electron chi connectivity index (χ1n) is 4.42. The van der Waals surface area contributed by atoms with Gasteiger partial charge in [0.1, 0.15) is 12.2 Å². The topological polar surface area (TPSA) is 116 Å². The number of hydrogen-bond donors (Lipinski definition) is 4. The van der Waals surface area contributed by atoms with Crippen molar-refractivity contribution in [2.45, 2.75) is 31.3 Å². The Morgan fingerprint density at radius 1 is 1.67 bits per heavy atom. The lowest BCUT2D eigenvalue weighted by atomic mass is 10.0.